The van der Waals surface area contributed by atoms with Crippen molar-refractivity contribution in [3.8, 4) is 0 Å². The Labute approximate surface area is 179 Å². The molecule has 1 fully saturated rings. The quantitative estimate of drug-likeness (QED) is 0.627. The van der Waals surface area contributed by atoms with Gasteiger partial charge < -0.3 is 15.5 Å². The van der Waals surface area contributed by atoms with Crippen molar-refractivity contribution in [3.63, 3.8) is 0 Å². The van der Waals surface area contributed by atoms with Gasteiger partial charge in [0.25, 0.3) is 5.91 Å². The summed E-state index contributed by atoms with van der Waals surface area (Å²) in [6.07, 6.45) is 5.28. The third kappa shape index (κ3) is 4.28. The van der Waals surface area contributed by atoms with Gasteiger partial charge in [-0.3, -0.25) is 4.79 Å². The van der Waals surface area contributed by atoms with Gasteiger partial charge >= 0.3 is 0 Å². The van der Waals surface area contributed by atoms with Gasteiger partial charge in [-0.25, -0.2) is 14.4 Å². The molecule has 2 aliphatic heterocycles. The molecule has 2 aliphatic rings. The lowest BCUT2D eigenvalue weighted by atomic mass is 10.1. The number of amides is 1. The van der Waals surface area contributed by atoms with E-state index in [2.05, 4.69) is 33.9 Å². The van der Waals surface area contributed by atoms with E-state index in [-0.39, 0.29) is 11.6 Å². The summed E-state index contributed by atoms with van der Waals surface area (Å²) in [4.78, 5) is 25.4. The minimum atomic E-state index is -0.471. The topological polar surface area (TPSA) is 75.4 Å². The standard InChI is InChI=1S/C12H10FN3OS.C10H14N2/c13-8-2-1-7(5-9(8)14)16-4-3-10-11(12(16)17)18-6-15-10;1-9-4-5-10(11-8-9)12-6-2-3-7-12/h1-2,5-6H,3-4,14H2;4-5,8H,2-3,6-7H2,1H3. The smallest absolute Gasteiger partial charge is 0.270 e. The largest absolute Gasteiger partial charge is 0.396 e. The van der Waals surface area contributed by atoms with Crippen LogP contribution in [0, 0.1) is 12.7 Å². The molecule has 2 aromatic heterocycles. The highest BCUT2D eigenvalue weighted by molar-refractivity contribution is 7.12. The van der Waals surface area contributed by atoms with Crippen LogP contribution >= 0.6 is 11.3 Å². The van der Waals surface area contributed by atoms with E-state index in [1.807, 2.05) is 6.20 Å². The van der Waals surface area contributed by atoms with Crippen molar-refractivity contribution in [1.82, 2.24) is 9.97 Å². The minimum Gasteiger partial charge on any atom is -0.396 e. The second kappa shape index (κ2) is 8.79. The number of nitrogens with zero attached hydrogens (tertiary/aromatic N) is 4. The van der Waals surface area contributed by atoms with E-state index in [0.717, 1.165) is 11.5 Å². The number of fused-ring (bicyclic) bond motifs is 1. The number of anilines is 3. The lowest BCUT2D eigenvalue weighted by Gasteiger charge is -2.26. The molecular weight excluding hydrogens is 401 g/mol. The van der Waals surface area contributed by atoms with E-state index in [1.165, 1.54) is 55.0 Å². The summed E-state index contributed by atoms with van der Waals surface area (Å²) >= 11 is 1.33. The molecule has 4 heterocycles. The van der Waals surface area contributed by atoms with Gasteiger partial charge in [0.2, 0.25) is 0 Å². The molecular formula is C22H24FN5OS. The Hall–Kier alpha value is -3.00. The van der Waals surface area contributed by atoms with Crippen LogP contribution in [-0.2, 0) is 6.42 Å². The van der Waals surface area contributed by atoms with Crippen LogP contribution in [-0.4, -0.2) is 35.5 Å². The molecule has 0 spiro atoms. The molecule has 1 saturated heterocycles. The molecule has 5 rings (SSSR count). The fourth-order valence-electron chi connectivity index (χ4n) is 3.60. The predicted molar refractivity (Wildman–Crippen MR) is 119 cm³/mol. The van der Waals surface area contributed by atoms with Crippen molar-refractivity contribution in [2.75, 3.05) is 35.2 Å². The molecule has 0 saturated carbocycles. The van der Waals surface area contributed by atoms with E-state index in [1.54, 1.807) is 16.5 Å². The zero-order valence-corrected chi connectivity index (χ0v) is 17.7. The average molecular weight is 426 g/mol. The van der Waals surface area contributed by atoms with Crippen LogP contribution in [0.5, 0.6) is 0 Å². The lowest BCUT2D eigenvalue weighted by molar-refractivity contribution is 0.0984. The molecule has 30 heavy (non-hydrogen) atoms. The number of nitrogens with two attached hydrogens (primary N) is 1. The molecule has 0 unspecified atom stereocenters. The van der Waals surface area contributed by atoms with E-state index in [0.29, 0.717) is 23.5 Å². The summed E-state index contributed by atoms with van der Waals surface area (Å²) in [5, 5.41) is 0. The molecule has 0 aliphatic carbocycles. The SMILES string of the molecule is Cc1ccc(N2CCCC2)nc1.Nc1cc(N2CCc3ncsc3C2=O)ccc1F. The number of halogens is 1. The van der Waals surface area contributed by atoms with Crippen molar-refractivity contribution in [1.29, 1.82) is 0 Å². The van der Waals surface area contributed by atoms with Crippen molar-refractivity contribution in [2.45, 2.75) is 26.2 Å². The van der Waals surface area contributed by atoms with Gasteiger partial charge in [-0.05, 0) is 49.6 Å². The average Bonchev–Trinajstić information content (AvgIpc) is 3.44. The number of rotatable bonds is 2. The number of carbonyl (C=O) groups is 1. The Morgan fingerprint density at radius 2 is 1.90 bits per heavy atom. The van der Waals surface area contributed by atoms with Crippen molar-refractivity contribution in [3.05, 3.63) is 64.0 Å². The van der Waals surface area contributed by atoms with Gasteiger partial charge in [0, 0.05) is 37.9 Å². The Balaban J connectivity index is 0.000000158. The molecule has 3 aromatic rings. The fraction of sp³-hybridized carbons (Fsp3) is 0.318. The van der Waals surface area contributed by atoms with Crippen LogP contribution in [0.3, 0.4) is 0 Å². The number of hydrogen-bond acceptors (Lipinski definition) is 6. The zero-order chi connectivity index (χ0) is 21.1. The van der Waals surface area contributed by atoms with Crippen LogP contribution in [0.1, 0.15) is 33.8 Å². The summed E-state index contributed by atoms with van der Waals surface area (Å²) in [5.41, 5.74) is 9.95. The number of benzene rings is 1. The van der Waals surface area contributed by atoms with Gasteiger partial charge in [-0.15, -0.1) is 11.3 Å². The normalized spacial score (nSPS) is 15.6. The van der Waals surface area contributed by atoms with Crippen LogP contribution in [0.4, 0.5) is 21.6 Å². The maximum absolute atomic E-state index is 13.1. The molecule has 1 amide bonds. The molecule has 2 N–H and O–H groups in total. The Kier molecular flexibility index (Phi) is 5.94. The molecule has 6 nitrogen and oxygen atoms in total. The second-order valence-corrected chi connectivity index (χ2v) is 8.28. The molecule has 0 bridgehead atoms. The van der Waals surface area contributed by atoms with E-state index >= 15 is 0 Å². The molecule has 0 atom stereocenters. The van der Waals surface area contributed by atoms with Crippen LogP contribution in [0.2, 0.25) is 0 Å². The minimum absolute atomic E-state index is 0.0513. The number of nitrogen functional groups attached to an aromatic ring is 1. The Bertz CT molecular complexity index is 1030. The predicted octanol–water partition coefficient (Wildman–Crippen LogP) is 4.06. The molecule has 0 radical (unpaired) electrons. The first-order valence-electron chi connectivity index (χ1n) is 10.00. The van der Waals surface area contributed by atoms with Crippen LogP contribution in [0.15, 0.2) is 42.0 Å². The van der Waals surface area contributed by atoms with E-state index in [4.69, 9.17) is 5.73 Å². The van der Waals surface area contributed by atoms with Gasteiger partial charge in [0.1, 0.15) is 16.5 Å². The number of aromatic nitrogens is 2. The fourth-order valence-corrected chi connectivity index (χ4v) is 4.39. The summed E-state index contributed by atoms with van der Waals surface area (Å²) in [6.45, 7) is 4.97. The summed E-state index contributed by atoms with van der Waals surface area (Å²) in [6, 6.07) is 8.57. The first-order valence-corrected chi connectivity index (χ1v) is 10.9. The number of thiazole rings is 1. The number of aryl methyl sites for hydroxylation is 1. The first kappa shape index (κ1) is 20.3. The lowest BCUT2D eigenvalue weighted by Crippen LogP contribution is -2.37. The number of pyridine rings is 1. The highest BCUT2D eigenvalue weighted by atomic mass is 32.1. The number of hydrogen-bond donors (Lipinski definition) is 1. The number of carbonyl (C=O) groups excluding carboxylic acids is 1. The van der Waals surface area contributed by atoms with E-state index in [9.17, 15) is 9.18 Å². The van der Waals surface area contributed by atoms with Crippen LogP contribution in [0.25, 0.3) is 0 Å². The summed E-state index contributed by atoms with van der Waals surface area (Å²) in [5.74, 6) is 0.574. The van der Waals surface area contributed by atoms with Crippen molar-refractivity contribution < 1.29 is 9.18 Å². The van der Waals surface area contributed by atoms with E-state index < -0.39 is 5.82 Å². The summed E-state index contributed by atoms with van der Waals surface area (Å²) < 4.78 is 13.1. The maximum Gasteiger partial charge on any atom is 0.270 e. The molecule has 1 aromatic carbocycles. The van der Waals surface area contributed by atoms with Gasteiger partial charge in [-0.2, -0.15) is 0 Å². The second-order valence-electron chi connectivity index (χ2n) is 7.43. The third-order valence-electron chi connectivity index (χ3n) is 5.27. The monoisotopic (exact) mass is 425 g/mol. The Morgan fingerprint density at radius 3 is 2.60 bits per heavy atom. The van der Waals surface area contributed by atoms with Crippen molar-refractivity contribution in [2.24, 2.45) is 0 Å². The Morgan fingerprint density at radius 1 is 1.10 bits per heavy atom. The molecule has 156 valence electrons. The first-order chi connectivity index (χ1) is 14.5. The van der Waals surface area contributed by atoms with Gasteiger partial charge in [-0.1, -0.05) is 6.07 Å². The maximum atomic E-state index is 13.1. The van der Waals surface area contributed by atoms with Gasteiger partial charge in [0.15, 0.2) is 0 Å². The summed E-state index contributed by atoms with van der Waals surface area (Å²) in [7, 11) is 0. The third-order valence-corrected chi connectivity index (χ3v) is 6.13. The highest BCUT2D eigenvalue weighted by Gasteiger charge is 2.27. The van der Waals surface area contributed by atoms with Crippen LogP contribution < -0.4 is 15.5 Å². The zero-order valence-electron chi connectivity index (χ0n) is 16.8. The molecule has 8 heteroatoms. The van der Waals surface area contributed by atoms with Crippen molar-refractivity contribution >= 4 is 34.4 Å². The highest BCUT2D eigenvalue weighted by Crippen LogP contribution is 2.28. The van der Waals surface area contributed by atoms with Gasteiger partial charge in [0.05, 0.1) is 16.9 Å².